The summed E-state index contributed by atoms with van der Waals surface area (Å²) in [6, 6.07) is 10.6. The summed E-state index contributed by atoms with van der Waals surface area (Å²) >= 11 is 6.86. The molecule has 0 radical (unpaired) electrons. The molecule has 1 heteroatoms. The molecule has 22 heavy (non-hydrogen) atoms. The fraction of sp³-hybridized carbons (Fsp3) is 0.714. The van der Waals surface area contributed by atoms with Crippen molar-refractivity contribution in [3.05, 3.63) is 35.9 Å². The minimum Gasteiger partial charge on any atom is -0.114 e. The zero-order valence-corrected chi connectivity index (χ0v) is 15.5. The lowest BCUT2D eigenvalue weighted by Crippen LogP contribution is -2.17. The van der Waals surface area contributed by atoms with Gasteiger partial charge < -0.3 is 0 Å². The first-order valence-corrected chi connectivity index (χ1v) is 9.85. The van der Waals surface area contributed by atoms with Crippen LogP contribution in [0.15, 0.2) is 30.3 Å². The molecule has 1 atom stereocenters. The van der Waals surface area contributed by atoms with Crippen molar-refractivity contribution >= 4 is 11.6 Å². The van der Waals surface area contributed by atoms with E-state index in [1.807, 2.05) is 0 Å². The molecule has 0 aliphatic heterocycles. The van der Waals surface area contributed by atoms with E-state index >= 15 is 0 Å². The molecule has 0 aliphatic rings. The summed E-state index contributed by atoms with van der Waals surface area (Å²) in [4.78, 5) is -0.151. The van der Waals surface area contributed by atoms with E-state index in [1.165, 1.54) is 69.8 Å². The van der Waals surface area contributed by atoms with Gasteiger partial charge in [-0.25, -0.2) is 0 Å². The van der Waals surface area contributed by atoms with E-state index in [9.17, 15) is 0 Å². The standard InChI is InChI=1S/C21H35Cl/c1-3-5-6-7-8-9-10-11-12-16-19-21(22,4-2)20-17-14-13-15-18-20/h13-15,17-18H,3-12,16,19H2,1-2H3. The van der Waals surface area contributed by atoms with Crippen molar-refractivity contribution in [2.45, 2.75) is 95.8 Å². The summed E-state index contributed by atoms with van der Waals surface area (Å²) in [6.07, 6.45) is 15.9. The maximum absolute atomic E-state index is 6.86. The van der Waals surface area contributed by atoms with E-state index in [1.54, 1.807) is 0 Å². The van der Waals surface area contributed by atoms with Crippen LogP contribution in [-0.2, 0) is 4.87 Å². The lowest BCUT2D eigenvalue weighted by Gasteiger charge is -2.26. The fourth-order valence-corrected chi connectivity index (χ4v) is 3.41. The highest BCUT2D eigenvalue weighted by molar-refractivity contribution is 6.24. The van der Waals surface area contributed by atoms with Gasteiger partial charge in [0.15, 0.2) is 0 Å². The fourth-order valence-electron chi connectivity index (χ4n) is 3.15. The molecular formula is C21H35Cl. The molecule has 1 aromatic rings. The van der Waals surface area contributed by atoms with Gasteiger partial charge in [-0.15, -0.1) is 11.6 Å². The quantitative estimate of drug-likeness (QED) is 0.256. The van der Waals surface area contributed by atoms with Crippen LogP contribution in [0, 0.1) is 0 Å². The van der Waals surface area contributed by atoms with Crippen molar-refractivity contribution in [1.82, 2.24) is 0 Å². The Labute approximate surface area is 143 Å². The minimum absolute atomic E-state index is 0.151. The molecule has 0 saturated carbocycles. The van der Waals surface area contributed by atoms with E-state index in [0.29, 0.717) is 0 Å². The van der Waals surface area contributed by atoms with Crippen LogP contribution in [0.4, 0.5) is 0 Å². The van der Waals surface area contributed by atoms with E-state index in [0.717, 1.165) is 12.8 Å². The van der Waals surface area contributed by atoms with Crippen molar-refractivity contribution in [3.63, 3.8) is 0 Å². The van der Waals surface area contributed by atoms with Crippen LogP contribution in [-0.4, -0.2) is 0 Å². The number of benzene rings is 1. The van der Waals surface area contributed by atoms with Gasteiger partial charge in [-0.1, -0.05) is 108 Å². The van der Waals surface area contributed by atoms with Crippen molar-refractivity contribution < 1.29 is 0 Å². The summed E-state index contributed by atoms with van der Waals surface area (Å²) in [6.45, 7) is 4.49. The topological polar surface area (TPSA) is 0 Å². The normalized spacial score (nSPS) is 14.0. The van der Waals surface area contributed by atoms with Gasteiger partial charge in [0.05, 0.1) is 4.87 Å². The molecule has 0 spiro atoms. The third kappa shape index (κ3) is 7.68. The number of unbranched alkanes of at least 4 members (excludes halogenated alkanes) is 9. The lowest BCUT2D eigenvalue weighted by atomic mass is 9.90. The molecule has 0 bridgehead atoms. The molecule has 0 fully saturated rings. The molecule has 0 saturated heterocycles. The molecule has 126 valence electrons. The highest BCUT2D eigenvalue weighted by Gasteiger charge is 2.26. The Hall–Kier alpha value is -0.490. The first-order chi connectivity index (χ1) is 10.7. The number of alkyl halides is 1. The summed E-state index contributed by atoms with van der Waals surface area (Å²) in [5.41, 5.74) is 1.29. The van der Waals surface area contributed by atoms with Gasteiger partial charge in [-0.05, 0) is 18.4 Å². The van der Waals surface area contributed by atoms with Crippen molar-refractivity contribution in [2.24, 2.45) is 0 Å². The van der Waals surface area contributed by atoms with Crippen LogP contribution < -0.4 is 0 Å². The van der Waals surface area contributed by atoms with Crippen LogP contribution in [0.1, 0.15) is 96.5 Å². The summed E-state index contributed by atoms with van der Waals surface area (Å²) < 4.78 is 0. The number of hydrogen-bond acceptors (Lipinski definition) is 0. The molecule has 1 unspecified atom stereocenters. The molecule has 0 amide bonds. The predicted octanol–water partition coefficient (Wildman–Crippen LogP) is 7.84. The minimum atomic E-state index is -0.151. The molecule has 0 aromatic heterocycles. The Kier molecular flexibility index (Phi) is 10.7. The predicted molar refractivity (Wildman–Crippen MR) is 101 cm³/mol. The number of hydrogen-bond donors (Lipinski definition) is 0. The van der Waals surface area contributed by atoms with Crippen molar-refractivity contribution in [1.29, 1.82) is 0 Å². The number of halogens is 1. The number of rotatable bonds is 13. The van der Waals surface area contributed by atoms with Crippen LogP contribution in [0.5, 0.6) is 0 Å². The average molecular weight is 323 g/mol. The lowest BCUT2D eigenvalue weighted by molar-refractivity contribution is 0.482. The van der Waals surface area contributed by atoms with E-state index in [2.05, 4.69) is 44.2 Å². The molecule has 0 N–H and O–H groups in total. The van der Waals surface area contributed by atoms with E-state index < -0.39 is 0 Å². The van der Waals surface area contributed by atoms with Crippen LogP contribution in [0.2, 0.25) is 0 Å². The third-order valence-corrected chi connectivity index (χ3v) is 5.45. The Morgan fingerprint density at radius 1 is 0.727 bits per heavy atom. The van der Waals surface area contributed by atoms with Gasteiger partial charge in [0.25, 0.3) is 0 Å². The second-order valence-electron chi connectivity index (χ2n) is 6.62. The molecule has 0 aliphatic carbocycles. The first kappa shape index (κ1) is 19.6. The summed E-state index contributed by atoms with van der Waals surface area (Å²) in [5.74, 6) is 0. The van der Waals surface area contributed by atoms with Gasteiger partial charge >= 0.3 is 0 Å². The molecule has 1 rings (SSSR count). The summed E-state index contributed by atoms with van der Waals surface area (Å²) in [5, 5.41) is 0. The molecular weight excluding hydrogens is 288 g/mol. The largest absolute Gasteiger partial charge is 0.114 e. The maximum atomic E-state index is 6.86. The SMILES string of the molecule is CCCCCCCCCCCCC(Cl)(CC)c1ccccc1. The molecule has 1 aromatic carbocycles. The highest BCUT2D eigenvalue weighted by atomic mass is 35.5. The Balaban J connectivity index is 2.10. The zero-order valence-electron chi connectivity index (χ0n) is 14.7. The zero-order chi connectivity index (χ0) is 16.1. The first-order valence-electron chi connectivity index (χ1n) is 9.47. The third-order valence-electron chi connectivity index (χ3n) is 4.78. The van der Waals surface area contributed by atoms with E-state index in [4.69, 9.17) is 11.6 Å². The van der Waals surface area contributed by atoms with E-state index in [-0.39, 0.29) is 4.87 Å². The Morgan fingerprint density at radius 3 is 1.73 bits per heavy atom. The maximum Gasteiger partial charge on any atom is 0.0692 e. The van der Waals surface area contributed by atoms with Crippen LogP contribution in [0.3, 0.4) is 0 Å². The van der Waals surface area contributed by atoms with Crippen LogP contribution >= 0.6 is 11.6 Å². The monoisotopic (exact) mass is 322 g/mol. The van der Waals surface area contributed by atoms with Crippen molar-refractivity contribution in [3.8, 4) is 0 Å². The smallest absolute Gasteiger partial charge is 0.0692 e. The molecule has 0 heterocycles. The Morgan fingerprint density at radius 2 is 1.23 bits per heavy atom. The van der Waals surface area contributed by atoms with Gasteiger partial charge in [0, 0.05) is 0 Å². The summed E-state index contributed by atoms with van der Waals surface area (Å²) in [7, 11) is 0. The van der Waals surface area contributed by atoms with Gasteiger partial charge in [-0.3, -0.25) is 0 Å². The average Bonchev–Trinajstić information content (AvgIpc) is 2.57. The highest BCUT2D eigenvalue weighted by Crippen LogP contribution is 2.37. The van der Waals surface area contributed by atoms with Gasteiger partial charge in [0.1, 0.15) is 0 Å². The van der Waals surface area contributed by atoms with Crippen molar-refractivity contribution in [2.75, 3.05) is 0 Å². The molecule has 0 nitrogen and oxygen atoms in total. The van der Waals surface area contributed by atoms with Crippen LogP contribution in [0.25, 0.3) is 0 Å². The van der Waals surface area contributed by atoms with Gasteiger partial charge in [0.2, 0.25) is 0 Å². The second-order valence-corrected chi connectivity index (χ2v) is 7.34. The van der Waals surface area contributed by atoms with Gasteiger partial charge in [-0.2, -0.15) is 0 Å². The second kappa shape index (κ2) is 12.0. The Bertz CT molecular complexity index is 359.